The third kappa shape index (κ3) is 1.87. The third-order valence-electron chi connectivity index (χ3n) is 2.85. The van der Waals surface area contributed by atoms with Gasteiger partial charge < -0.3 is 4.74 Å². The molecule has 0 aliphatic carbocycles. The second kappa shape index (κ2) is 4.56. The van der Waals surface area contributed by atoms with Crippen LogP contribution in [0.5, 0.6) is 5.75 Å². The molecule has 0 aliphatic rings. The molecule has 0 N–H and O–H groups in total. The topological polar surface area (TPSA) is 66.0 Å². The van der Waals surface area contributed by atoms with Gasteiger partial charge in [-0.05, 0) is 30.3 Å². The molecular formula is C13H12N4O2. The summed E-state index contributed by atoms with van der Waals surface area (Å²) in [5.74, 6) is 0.738. The number of benzene rings is 1. The maximum absolute atomic E-state index is 5.35. The van der Waals surface area contributed by atoms with E-state index in [4.69, 9.17) is 9.37 Å². The molecule has 2 aromatic heterocycles. The average Bonchev–Trinajstić information content (AvgIpc) is 3.06. The van der Waals surface area contributed by atoms with Gasteiger partial charge in [-0.25, -0.2) is 9.31 Å². The smallest absolute Gasteiger partial charge is 0.156 e. The molecular weight excluding hydrogens is 244 g/mol. The van der Waals surface area contributed by atoms with Crippen LogP contribution in [0.2, 0.25) is 0 Å². The summed E-state index contributed by atoms with van der Waals surface area (Å²) in [6, 6.07) is 9.51. The first-order chi connectivity index (χ1) is 9.31. The number of para-hydroxylation sites is 2. The Bertz CT molecular complexity index is 702. The van der Waals surface area contributed by atoms with Crippen LogP contribution in [0.25, 0.3) is 17.1 Å². The molecule has 1 aromatic carbocycles. The van der Waals surface area contributed by atoms with Gasteiger partial charge in [-0.2, -0.15) is 5.10 Å². The normalized spacial score (nSPS) is 10.6. The highest BCUT2D eigenvalue weighted by Crippen LogP contribution is 2.27. The van der Waals surface area contributed by atoms with Gasteiger partial charge in [0.05, 0.1) is 19.0 Å². The Morgan fingerprint density at radius 1 is 1.16 bits per heavy atom. The van der Waals surface area contributed by atoms with Crippen molar-refractivity contribution in [1.82, 2.24) is 20.1 Å². The summed E-state index contributed by atoms with van der Waals surface area (Å²) < 4.78 is 11.9. The number of hydrogen-bond donors (Lipinski definition) is 0. The van der Waals surface area contributed by atoms with Crippen molar-refractivity contribution < 1.29 is 9.37 Å². The van der Waals surface area contributed by atoms with E-state index >= 15 is 0 Å². The van der Waals surface area contributed by atoms with Gasteiger partial charge in [0.2, 0.25) is 0 Å². The van der Waals surface area contributed by atoms with Crippen LogP contribution in [0.15, 0.2) is 41.2 Å². The fraction of sp³-hybridized carbons (Fsp3) is 0.154. The Kier molecular flexibility index (Phi) is 2.75. The van der Waals surface area contributed by atoms with Crippen LogP contribution >= 0.6 is 0 Å². The minimum atomic E-state index is 0.670. The lowest BCUT2D eigenvalue weighted by molar-refractivity contribution is 0.305. The van der Waals surface area contributed by atoms with Crippen molar-refractivity contribution in [1.29, 1.82) is 0 Å². The number of methoxy groups -OCH3 is 1. The molecule has 0 unspecified atom stereocenters. The average molecular weight is 256 g/mol. The SMILES string of the molecule is COc1ccccc1-n1nccc1-c1nonc1C. The Morgan fingerprint density at radius 2 is 2.00 bits per heavy atom. The molecule has 0 bridgehead atoms. The van der Waals surface area contributed by atoms with Crippen LogP contribution in [-0.4, -0.2) is 27.2 Å². The van der Waals surface area contributed by atoms with Crippen molar-refractivity contribution in [2.45, 2.75) is 6.92 Å². The summed E-state index contributed by atoms with van der Waals surface area (Å²) in [5, 5.41) is 12.0. The first-order valence-electron chi connectivity index (χ1n) is 5.78. The lowest BCUT2D eigenvalue weighted by Crippen LogP contribution is -2.02. The summed E-state index contributed by atoms with van der Waals surface area (Å²) in [6.45, 7) is 1.84. The standard InChI is InChI=1S/C13H12N4O2/c1-9-13(16-19-15-9)11-7-8-14-17(11)10-5-3-4-6-12(10)18-2/h3-8H,1-2H3. The zero-order valence-electron chi connectivity index (χ0n) is 10.6. The van der Waals surface area contributed by atoms with E-state index in [-0.39, 0.29) is 0 Å². The van der Waals surface area contributed by atoms with Crippen molar-refractivity contribution in [3.05, 3.63) is 42.2 Å². The lowest BCUT2D eigenvalue weighted by Gasteiger charge is -2.10. The molecule has 2 heterocycles. The van der Waals surface area contributed by atoms with Crippen LogP contribution in [-0.2, 0) is 0 Å². The number of ether oxygens (including phenoxy) is 1. The van der Waals surface area contributed by atoms with Crippen LogP contribution in [0.1, 0.15) is 5.69 Å². The quantitative estimate of drug-likeness (QED) is 0.719. The molecule has 0 fully saturated rings. The van der Waals surface area contributed by atoms with Gasteiger partial charge in [0.25, 0.3) is 0 Å². The van der Waals surface area contributed by atoms with Gasteiger partial charge in [-0.1, -0.05) is 17.3 Å². The minimum Gasteiger partial charge on any atom is -0.494 e. The van der Waals surface area contributed by atoms with Crippen LogP contribution in [0.3, 0.4) is 0 Å². The van der Waals surface area contributed by atoms with E-state index in [0.717, 1.165) is 22.8 Å². The van der Waals surface area contributed by atoms with E-state index in [1.165, 1.54) is 0 Å². The highest BCUT2D eigenvalue weighted by atomic mass is 16.6. The largest absolute Gasteiger partial charge is 0.494 e. The zero-order chi connectivity index (χ0) is 13.2. The van der Waals surface area contributed by atoms with Crippen molar-refractivity contribution in [2.24, 2.45) is 0 Å². The molecule has 6 nitrogen and oxygen atoms in total. The Morgan fingerprint density at radius 3 is 2.74 bits per heavy atom. The highest BCUT2D eigenvalue weighted by Gasteiger charge is 2.16. The van der Waals surface area contributed by atoms with Crippen molar-refractivity contribution in [3.63, 3.8) is 0 Å². The van der Waals surface area contributed by atoms with E-state index in [2.05, 4.69) is 15.4 Å². The molecule has 96 valence electrons. The molecule has 3 aromatic rings. The van der Waals surface area contributed by atoms with E-state index in [9.17, 15) is 0 Å². The Labute approximate surface area is 109 Å². The van der Waals surface area contributed by atoms with Gasteiger partial charge in [-0.15, -0.1) is 0 Å². The molecule has 0 spiro atoms. The number of aromatic nitrogens is 4. The molecule has 0 saturated heterocycles. The maximum atomic E-state index is 5.35. The van der Waals surface area contributed by atoms with Crippen molar-refractivity contribution in [3.8, 4) is 22.8 Å². The molecule has 6 heteroatoms. The summed E-state index contributed by atoms with van der Waals surface area (Å²) >= 11 is 0. The van der Waals surface area contributed by atoms with Gasteiger partial charge in [0.15, 0.2) is 5.69 Å². The van der Waals surface area contributed by atoms with Crippen LogP contribution in [0, 0.1) is 6.92 Å². The van der Waals surface area contributed by atoms with Crippen LogP contribution in [0.4, 0.5) is 0 Å². The number of aryl methyl sites for hydroxylation is 1. The fourth-order valence-corrected chi connectivity index (χ4v) is 1.94. The molecule has 3 rings (SSSR count). The molecule has 0 saturated carbocycles. The van der Waals surface area contributed by atoms with Gasteiger partial charge in [0.1, 0.15) is 17.1 Å². The van der Waals surface area contributed by atoms with E-state index in [0.29, 0.717) is 5.69 Å². The first kappa shape index (κ1) is 11.5. The maximum Gasteiger partial charge on any atom is 0.156 e. The summed E-state index contributed by atoms with van der Waals surface area (Å²) in [4.78, 5) is 0. The minimum absolute atomic E-state index is 0.670. The number of rotatable bonds is 3. The second-order valence-electron chi connectivity index (χ2n) is 4.00. The van der Waals surface area contributed by atoms with Gasteiger partial charge in [0, 0.05) is 0 Å². The molecule has 19 heavy (non-hydrogen) atoms. The monoisotopic (exact) mass is 256 g/mol. The first-order valence-corrected chi connectivity index (χ1v) is 5.78. The predicted octanol–water partition coefficient (Wildman–Crippen LogP) is 2.24. The fourth-order valence-electron chi connectivity index (χ4n) is 1.94. The van der Waals surface area contributed by atoms with Crippen LogP contribution < -0.4 is 4.74 Å². The second-order valence-corrected chi connectivity index (χ2v) is 4.00. The summed E-state index contributed by atoms with van der Waals surface area (Å²) in [6.07, 6.45) is 1.70. The lowest BCUT2D eigenvalue weighted by atomic mass is 10.2. The van der Waals surface area contributed by atoms with E-state index in [1.54, 1.807) is 18.0 Å². The summed E-state index contributed by atoms with van der Waals surface area (Å²) in [7, 11) is 1.63. The van der Waals surface area contributed by atoms with E-state index < -0.39 is 0 Å². The van der Waals surface area contributed by atoms with E-state index in [1.807, 2.05) is 37.3 Å². The molecule has 0 radical (unpaired) electrons. The highest BCUT2D eigenvalue weighted by molar-refractivity contribution is 5.61. The molecule has 0 amide bonds. The molecule has 0 aliphatic heterocycles. The number of hydrogen-bond acceptors (Lipinski definition) is 5. The van der Waals surface area contributed by atoms with Crippen molar-refractivity contribution >= 4 is 0 Å². The summed E-state index contributed by atoms with van der Waals surface area (Å²) in [5.41, 5.74) is 3.04. The number of nitrogens with zero attached hydrogens (tertiary/aromatic N) is 4. The molecule has 0 atom stereocenters. The Hall–Kier alpha value is -2.63. The van der Waals surface area contributed by atoms with Gasteiger partial charge in [-0.3, -0.25) is 0 Å². The van der Waals surface area contributed by atoms with Gasteiger partial charge >= 0.3 is 0 Å². The third-order valence-corrected chi connectivity index (χ3v) is 2.85. The Balaban J connectivity index is 2.18. The predicted molar refractivity (Wildman–Crippen MR) is 68.1 cm³/mol. The zero-order valence-corrected chi connectivity index (χ0v) is 10.6. The van der Waals surface area contributed by atoms with Crippen molar-refractivity contribution in [2.75, 3.05) is 7.11 Å².